The SMILES string of the molecule is CC(C)(C)c1ccc(CN2CCc3ccccc3C2)cc1.Cl. The lowest BCUT2D eigenvalue weighted by atomic mass is 9.86. The fourth-order valence-corrected chi connectivity index (χ4v) is 3.06. The van der Waals surface area contributed by atoms with E-state index in [1.165, 1.54) is 28.7 Å². The van der Waals surface area contributed by atoms with Crippen LogP contribution in [0, 0.1) is 0 Å². The third-order valence-electron chi connectivity index (χ3n) is 4.44. The Kier molecular flexibility index (Phi) is 5.31. The highest BCUT2D eigenvalue weighted by Gasteiger charge is 2.16. The summed E-state index contributed by atoms with van der Waals surface area (Å²) < 4.78 is 0. The normalized spacial score (nSPS) is 15.0. The standard InChI is InChI=1S/C20H25N.ClH/c1-20(2,3)19-10-8-16(9-11-19)14-21-13-12-17-6-4-5-7-18(17)15-21;/h4-11H,12-15H2,1-3H3;1H. The molecule has 0 aromatic heterocycles. The second-order valence-electron chi connectivity index (χ2n) is 7.18. The Morgan fingerprint density at radius 3 is 2.18 bits per heavy atom. The fraction of sp³-hybridized carbons (Fsp3) is 0.400. The van der Waals surface area contributed by atoms with Crippen molar-refractivity contribution in [3.05, 3.63) is 70.8 Å². The first-order valence-electron chi connectivity index (χ1n) is 7.91. The molecule has 0 radical (unpaired) electrons. The zero-order chi connectivity index (χ0) is 14.9. The van der Waals surface area contributed by atoms with E-state index in [4.69, 9.17) is 0 Å². The van der Waals surface area contributed by atoms with Crippen LogP contribution < -0.4 is 0 Å². The van der Waals surface area contributed by atoms with E-state index in [1.807, 2.05) is 0 Å². The Hall–Kier alpha value is -1.31. The molecule has 1 heterocycles. The lowest BCUT2D eigenvalue weighted by Crippen LogP contribution is -2.30. The highest BCUT2D eigenvalue weighted by Crippen LogP contribution is 2.24. The molecule has 0 N–H and O–H groups in total. The van der Waals surface area contributed by atoms with Crippen LogP contribution in [-0.2, 0) is 24.9 Å². The molecule has 0 unspecified atom stereocenters. The Balaban J connectivity index is 0.00000176. The Morgan fingerprint density at radius 2 is 1.55 bits per heavy atom. The molecule has 1 aliphatic heterocycles. The molecule has 0 bridgehead atoms. The Bertz CT molecular complexity index is 610. The van der Waals surface area contributed by atoms with Gasteiger partial charge in [-0.3, -0.25) is 4.90 Å². The van der Waals surface area contributed by atoms with Crippen molar-refractivity contribution < 1.29 is 0 Å². The Morgan fingerprint density at radius 1 is 0.909 bits per heavy atom. The molecule has 0 fully saturated rings. The maximum absolute atomic E-state index is 2.55. The summed E-state index contributed by atoms with van der Waals surface area (Å²) in [4.78, 5) is 2.55. The third kappa shape index (κ3) is 3.91. The van der Waals surface area contributed by atoms with Crippen molar-refractivity contribution >= 4 is 12.4 Å². The maximum atomic E-state index is 2.55. The molecular weight excluding hydrogens is 290 g/mol. The summed E-state index contributed by atoms with van der Waals surface area (Å²) in [6.07, 6.45) is 1.18. The van der Waals surface area contributed by atoms with E-state index in [-0.39, 0.29) is 17.8 Å². The highest BCUT2D eigenvalue weighted by molar-refractivity contribution is 5.85. The first-order chi connectivity index (χ1) is 10.0. The number of hydrogen-bond acceptors (Lipinski definition) is 1. The van der Waals surface area contributed by atoms with Crippen molar-refractivity contribution in [3.8, 4) is 0 Å². The van der Waals surface area contributed by atoms with Gasteiger partial charge in [-0.2, -0.15) is 0 Å². The number of nitrogens with zero attached hydrogens (tertiary/aromatic N) is 1. The van der Waals surface area contributed by atoms with Gasteiger partial charge >= 0.3 is 0 Å². The number of benzene rings is 2. The monoisotopic (exact) mass is 315 g/mol. The van der Waals surface area contributed by atoms with Gasteiger partial charge in [-0.15, -0.1) is 12.4 Å². The van der Waals surface area contributed by atoms with Crippen molar-refractivity contribution in [2.45, 2.75) is 45.7 Å². The lowest BCUT2D eigenvalue weighted by Gasteiger charge is -2.29. The van der Waals surface area contributed by atoms with E-state index >= 15 is 0 Å². The van der Waals surface area contributed by atoms with Crippen LogP contribution in [0.4, 0.5) is 0 Å². The number of rotatable bonds is 2. The summed E-state index contributed by atoms with van der Waals surface area (Å²) in [6.45, 7) is 10.1. The average Bonchev–Trinajstić information content (AvgIpc) is 2.47. The Labute approximate surface area is 140 Å². The summed E-state index contributed by atoms with van der Waals surface area (Å²) in [7, 11) is 0. The molecule has 1 nitrogen and oxygen atoms in total. The van der Waals surface area contributed by atoms with Crippen molar-refractivity contribution in [2.24, 2.45) is 0 Å². The first-order valence-corrected chi connectivity index (χ1v) is 7.91. The summed E-state index contributed by atoms with van der Waals surface area (Å²) >= 11 is 0. The van der Waals surface area contributed by atoms with Gasteiger partial charge in [0.25, 0.3) is 0 Å². The van der Waals surface area contributed by atoms with E-state index in [0.717, 1.165) is 19.6 Å². The second-order valence-corrected chi connectivity index (χ2v) is 7.18. The molecule has 0 amide bonds. The topological polar surface area (TPSA) is 3.24 Å². The molecule has 0 saturated heterocycles. The van der Waals surface area contributed by atoms with Gasteiger partial charge in [0.15, 0.2) is 0 Å². The summed E-state index contributed by atoms with van der Waals surface area (Å²) in [5, 5.41) is 0. The zero-order valence-corrected chi connectivity index (χ0v) is 14.6. The van der Waals surface area contributed by atoms with Crippen LogP contribution in [0.3, 0.4) is 0 Å². The molecule has 0 saturated carbocycles. The molecule has 2 aromatic rings. The molecule has 0 spiro atoms. The number of halogens is 1. The molecule has 0 aliphatic carbocycles. The molecule has 22 heavy (non-hydrogen) atoms. The first kappa shape index (κ1) is 17.1. The van der Waals surface area contributed by atoms with Gasteiger partial charge in [-0.25, -0.2) is 0 Å². The molecule has 2 heteroatoms. The van der Waals surface area contributed by atoms with Gasteiger partial charge in [-0.05, 0) is 34.1 Å². The number of fused-ring (bicyclic) bond motifs is 1. The minimum absolute atomic E-state index is 0. The van der Waals surface area contributed by atoms with Gasteiger partial charge in [-0.1, -0.05) is 69.3 Å². The summed E-state index contributed by atoms with van der Waals surface area (Å²) in [5.74, 6) is 0. The smallest absolute Gasteiger partial charge is 0.0240 e. The fourth-order valence-electron chi connectivity index (χ4n) is 3.06. The zero-order valence-electron chi connectivity index (χ0n) is 13.8. The van der Waals surface area contributed by atoms with Crippen molar-refractivity contribution in [1.82, 2.24) is 4.90 Å². The van der Waals surface area contributed by atoms with Crippen LogP contribution >= 0.6 is 12.4 Å². The quantitative estimate of drug-likeness (QED) is 0.756. The molecule has 3 rings (SSSR count). The van der Waals surface area contributed by atoms with E-state index in [9.17, 15) is 0 Å². The van der Waals surface area contributed by atoms with E-state index < -0.39 is 0 Å². The number of hydrogen-bond donors (Lipinski definition) is 0. The van der Waals surface area contributed by atoms with Crippen LogP contribution in [0.15, 0.2) is 48.5 Å². The predicted molar refractivity (Wildman–Crippen MR) is 96.7 cm³/mol. The van der Waals surface area contributed by atoms with E-state index in [0.29, 0.717) is 0 Å². The predicted octanol–water partition coefficient (Wildman–Crippen LogP) is 4.96. The van der Waals surface area contributed by atoms with Gasteiger partial charge in [0.05, 0.1) is 0 Å². The highest BCUT2D eigenvalue weighted by atomic mass is 35.5. The molecule has 2 aromatic carbocycles. The van der Waals surface area contributed by atoms with Crippen LogP contribution in [0.5, 0.6) is 0 Å². The van der Waals surface area contributed by atoms with Gasteiger partial charge < -0.3 is 0 Å². The van der Waals surface area contributed by atoms with Crippen molar-refractivity contribution in [2.75, 3.05) is 6.54 Å². The van der Waals surface area contributed by atoms with Crippen molar-refractivity contribution in [1.29, 1.82) is 0 Å². The molecule has 118 valence electrons. The van der Waals surface area contributed by atoms with Crippen LogP contribution in [0.25, 0.3) is 0 Å². The molecular formula is C20H26ClN. The minimum Gasteiger partial charge on any atom is -0.294 e. The third-order valence-corrected chi connectivity index (χ3v) is 4.44. The molecule has 0 atom stereocenters. The van der Waals surface area contributed by atoms with E-state index in [2.05, 4.69) is 74.2 Å². The van der Waals surface area contributed by atoms with Crippen molar-refractivity contribution in [3.63, 3.8) is 0 Å². The van der Waals surface area contributed by atoms with Crippen LogP contribution in [-0.4, -0.2) is 11.4 Å². The second kappa shape index (κ2) is 6.85. The van der Waals surface area contributed by atoms with Gasteiger partial charge in [0, 0.05) is 19.6 Å². The largest absolute Gasteiger partial charge is 0.294 e. The minimum atomic E-state index is 0. The average molecular weight is 316 g/mol. The molecule has 1 aliphatic rings. The van der Waals surface area contributed by atoms with Gasteiger partial charge in [0.2, 0.25) is 0 Å². The summed E-state index contributed by atoms with van der Waals surface area (Å²) in [6, 6.07) is 18.0. The van der Waals surface area contributed by atoms with Crippen LogP contribution in [0.1, 0.15) is 43.0 Å². The van der Waals surface area contributed by atoms with Gasteiger partial charge in [0.1, 0.15) is 0 Å². The van der Waals surface area contributed by atoms with E-state index in [1.54, 1.807) is 0 Å². The maximum Gasteiger partial charge on any atom is 0.0240 e. The lowest BCUT2D eigenvalue weighted by molar-refractivity contribution is 0.245. The summed E-state index contributed by atoms with van der Waals surface area (Å²) in [5.41, 5.74) is 6.09. The van der Waals surface area contributed by atoms with Crippen LogP contribution in [0.2, 0.25) is 0 Å².